The van der Waals surface area contributed by atoms with Gasteiger partial charge >= 0.3 is 0 Å². The van der Waals surface area contributed by atoms with E-state index in [0.717, 1.165) is 0 Å². The number of aliphatic hydroxyl groups is 1. The molecule has 2 aromatic rings. The molecule has 1 aromatic carbocycles. The van der Waals surface area contributed by atoms with Crippen LogP contribution >= 0.6 is 0 Å². The Balaban J connectivity index is 1.66. The fraction of sp³-hybridized carbons (Fsp3) is 0.423. The van der Waals surface area contributed by atoms with Crippen LogP contribution in [0, 0.1) is 6.92 Å². The van der Waals surface area contributed by atoms with E-state index >= 15 is 0 Å². The lowest BCUT2D eigenvalue weighted by atomic mass is 9.81. The highest BCUT2D eigenvalue weighted by atomic mass is 16.5. The predicted octanol–water partition coefficient (Wildman–Crippen LogP) is 2.41. The zero-order valence-electron chi connectivity index (χ0n) is 20.0. The van der Waals surface area contributed by atoms with Gasteiger partial charge in [-0.2, -0.15) is 0 Å². The Bertz CT molecular complexity index is 1210. The highest BCUT2D eigenvalue weighted by Crippen LogP contribution is 2.53. The molecule has 3 aliphatic rings. The summed E-state index contributed by atoms with van der Waals surface area (Å²) < 4.78 is 11.0. The van der Waals surface area contributed by atoms with Crippen LogP contribution in [0.5, 0.6) is 0 Å². The highest BCUT2D eigenvalue weighted by molar-refractivity contribution is 6.25. The molecule has 2 amide bonds. The molecular formula is C26H29N3O6. The first-order valence-corrected chi connectivity index (χ1v) is 12.0. The van der Waals surface area contributed by atoms with Crippen molar-refractivity contribution in [2.75, 3.05) is 50.8 Å². The van der Waals surface area contributed by atoms with Gasteiger partial charge in [0.05, 0.1) is 24.5 Å². The molecule has 4 heterocycles. The number of carbonyl (C=O) groups excluding carboxylic acids is 3. The molecule has 1 fully saturated rings. The van der Waals surface area contributed by atoms with Crippen molar-refractivity contribution in [3.8, 4) is 0 Å². The fourth-order valence-electron chi connectivity index (χ4n) is 5.36. The number of anilines is 1. The van der Waals surface area contributed by atoms with Crippen LogP contribution in [-0.4, -0.2) is 78.4 Å². The monoisotopic (exact) mass is 479 g/mol. The Morgan fingerprint density at radius 1 is 1.06 bits per heavy atom. The number of furan rings is 1. The Labute approximate surface area is 203 Å². The van der Waals surface area contributed by atoms with Gasteiger partial charge in [0, 0.05) is 38.3 Å². The number of benzene rings is 1. The maximum Gasteiger partial charge on any atom is 0.290 e. The van der Waals surface area contributed by atoms with Crippen LogP contribution < -0.4 is 4.90 Å². The van der Waals surface area contributed by atoms with E-state index in [1.807, 2.05) is 19.1 Å². The van der Waals surface area contributed by atoms with Crippen molar-refractivity contribution < 1.29 is 28.6 Å². The Morgan fingerprint density at radius 3 is 2.49 bits per heavy atom. The smallest absolute Gasteiger partial charge is 0.290 e. The van der Waals surface area contributed by atoms with E-state index in [4.69, 9.17) is 9.15 Å². The van der Waals surface area contributed by atoms with E-state index in [0.29, 0.717) is 62.8 Å². The minimum Gasteiger partial charge on any atom is -0.503 e. The number of ether oxygens (including phenoxy) is 1. The van der Waals surface area contributed by atoms with Gasteiger partial charge < -0.3 is 24.1 Å². The van der Waals surface area contributed by atoms with Crippen LogP contribution in [0.15, 0.2) is 52.1 Å². The van der Waals surface area contributed by atoms with Gasteiger partial charge in [0.2, 0.25) is 5.78 Å². The van der Waals surface area contributed by atoms with Crippen LogP contribution in [0.25, 0.3) is 0 Å². The van der Waals surface area contributed by atoms with Crippen molar-refractivity contribution in [1.82, 2.24) is 9.80 Å². The third-order valence-corrected chi connectivity index (χ3v) is 6.97. The number of para-hydroxylation sites is 1. The summed E-state index contributed by atoms with van der Waals surface area (Å²) in [5, 5.41) is 11.1. The number of rotatable bonds is 7. The summed E-state index contributed by atoms with van der Waals surface area (Å²) in [5.41, 5.74) is -0.838. The summed E-state index contributed by atoms with van der Waals surface area (Å²) >= 11 is 0. The summed E-state index contributed by atoms with van der Waals surface area (Å²) in [4.78, 5) is 46.7. The highest BCUT2D eigenvalue weighted by Gasteiger charge is 2.65. The molecule has 0 bridgehead atoms. The molecule has 1 N–H and O–H groups in total. The lowest BCUT2D eigenvalue weighted by Gasteiger charge is -2.37. The van der Waals surface area contributed by atoms with Crippen molar-refractivity contribution in [3.63, 3.8) is 0 Å². The third-order valence-electron chi connectivity index (χ3n) is 6.97. The molecule has 5 rings (SSSR count). The SMILES string of the molecule is CCCN1C(=O)[C@@]2(C(C(=O)c3ccc(C)o3)=C(O)C(=O)N2CCN2CCOCC2)c2ccccc21. The molecule has 35 heavy (non-hydrogen) atoms. The topological polar surface area (TPSA) is 104 Å². The number of aryl methyl sites for hydroxylation is 1. The lowest BCUT2D eigenvalue weighted by Crippen LogP contribution is -2.56. The Hall–Kier alpha value is -3.43. The number of Topliss-reactive ketones (excluding diaryl/α,β-unsaturated/α-hetero) is 1. The molecule has 184 valence electrons. The van der Waals surface area contributed by atoms with Crippen LogP contribution in [0.4, 0.5) is 5.69 Å². The standard InChI is InChI=1S/C26H29N3O6/c1-3-10-28-19-7-5-4-6-18(19)26(25(28)33)21(22(30)20-9-8-17(2)35-20)23(31)24(32)29(26)12-11-27-13-15-34-16-14-27/h4-9,31H,3,10-16H2,1-2H3/t26-/m0/s1. The summed E-state index contributed by atoms with van der Waals surface area (Å²) in [6.07, 6.45) is 0.689. The average molecular weight is 480 g/mol. The average Bonchev–Trinajstić information content (AvgIpc) is 3.48. The predicted molar refractivity (Wildman–Crippen MR) is 127 cm³/mol. The van der Waals surface area contributed by atoms with Crippen LogP contribution in [0.1, 0.15) is 35.2 Å². The number of ketones is 1. The molecule has 0 saturated carbocycles. The van der Waals surface area contributed by atoms with Gasteiger partial charge in [-0.25, -0.2) is 0 Å². The van der Waals surface area contributed by atoms with E-state index < -0.39 is 28.9 Å². The Morgan fingerprint density at radius 2 is 1.80 bits per heavy atom. The summed E-state index contributed by atoms with van der Waals surface area (Å²) in [6, 6.07) is 10.3. The molecule has 1 spiro atoms. The normalized spacial score (nSPS) is 22.6. The summed E-state index contributed by atoms with van der Waals surface area (Å²) in [5.74, 6) is -2.02. The van der Waals surface area contributed by atoms with Crippen molar-refractivity contribution >= 4 is 23.3 Å². The van der Waals surface area contributed by atoms with Gasteiger partial charge in [-0.05, 0) is 31.5 Å². The largest absolute Gasteiger partial charge is 0.503 e. The maximum atomic E-state index is 14.3. The molecule has 0 radical (unpaired) electrons. The minimum absolute atomic E-state index is 0.0227. The molecule has 0 unspecified atom stereocenters. The number of carbonyl (C=O) groups is 3. The number of aliphatic hydroxyl groups excluding tert-OH is 1. The van der Waals surface area contributed by atoms with E-state index in [-0.39, 0.29) is 17.9 Å². The van der Waals surface area contributed by atoms with Gasteiger partial charge in [0.1, 0.15) is 5.76 Å². The van der Waals surface area contributed by atoms with Gasteiger partial charge in [0.15, 0.2) is 17.1 Å². The fourth-order valence-corrected chi connectivity index (χ4v) is 5.36. The molecule has 9 nitrogen and oxygen atoms in total. The van der Waals surface area contributed by atoms with Crippen LogP contribution in [0.3, 0.4) is 0 Å². The first kappa shape index (κ1) is 23.3. The maximum absolute atomic E-state index is 14.3. The number of hydrogen-bond donors (Lipinski definition) is 1. The lowest BCUT2D eigenvalue weighted by molar-refractivity contribution is -0.140. The summed E-state index contributed by atoms with van der Waals surface area (Å²) in [6.45, 7) is 7.33. The van der Waals surface area contributed by atoms with Crippen LogP contribution in [-0.2, 0) is 19.9 Å². The summed E-state index contributed by atoms with van der Waals surface area (Å²) in [7, 11) is 0. The van der Waals surface area contributed by atoms with Crippen molar-refractivity contribution in [2.24, 2.45) is 0 Å². The van der Waals surface area contributed by atoms with Gasteiger partial charge in [-0.1, -0.05) is 25.1 Å². The second kappa shape index (κ2) is 8.98. The number of morpholine rings is 1. The quantitative estimate of drug-likeness (QED) is 0.608. The second-order valence-electron chi connectivity index (χ2n) is 9.06. The zero-order chi connectivity index (χ0) is 24.7. The minimum atomic E-state index is -1.75. The Kier molecular flexibility index (Phi) is 5.98. The first-order chi connectivity index (χ1) is 16.9. The van der Waals surface area contributed by atoms with Gasteiger partial charge in [-0.3, -0.25) is 19.3 Å². The van der Waals surface area contributed by atoms with E-state index in [9.17, 15) is 19.5 Å². The first-order valence-electron chi connectivity index (χ1n) is 12.0. The molecule has 1 atom stereocenters. The van der Waals surface area contributed by atoms with Crippen molar-refractivity contribution in [2.45, 2.75) is 25.8 Å². The van der Waals surface area contributed by atoms with E-state index in [1.54, 1.807) is 30.0 Å². The molecule has 3 aliphatic heterocycles. The van der Waals surface area contributed by atoms with Crippen LogP contribution in [0.2, 0.25) is 0 Å². The molecule has 9 heteroatoms. The van der Waals surface area contributed by atoms with E-state index in [2.05, 4.69) is 4.90 Å². The molecule has 1 aromatic heterocycles. The number of fused-ring (bicyclic) bond motifs is 2. The van der Waals surface area contributed by atoms with E-state index in [1.165, 1.54) is 11.0 Å². The number of amides is 2. The molecule has 0 aliphatic carbocycles. The third kappa shape index (κ3) is 3.49. The molecule has 1 saturated heterocycles. The number of hydrogen-bond acceptors (Lipinski definition) is 7. The van der Waals surface area contributed by atoms with Crippen molar-refractivity contribution in [1.29, 1.82) is 0 Å². The zero-order valence-corrected chi connectivity index (χ0v) is 20.0. The van der Waals surface area contributed by atoms with Gasteiger partial charge in [0.25, 0.3) is 11.8 Å². The molecular weight excluding hydrogens is 450 g/mol. The number of nitrogens with zero attached hydrogens (tertiary/aromatic N) is 3. The van der Waals surface area contributed by atoms with Gasteiger partial charge in [-0.15, -0.1) is 0 Å². The van der Waals surface area contributed by atoms with Crippen molar-refractivity contribution in [3.05, 3.63) is 64.8 Å². The second-order valence-corrected chi connectivity index (χ2v) is 9.06.